The second kappa shape index (κ2) is 9.98. The van der Waals surface area contributed by atoms with Crippen molar-refractivity contribution in [1.82, 2.24) is 5.16 Å². The molecule has 170 valence electrons. The minimum Gasteiger partial charge on any atom is -0.461 e. The summed E-state index contributed by atoms with van der Waals surface area (Å²) >= 11 is 0. The Morgan fingerprint density at radius 1 is 1.10 bits per heavy atom. The van der Waals surface area contributed by atoms with Crippen LogP contribution in [0.25, 0.3) is 0 Å². The van der Waals surface area contributed by atoms with Crippen LogP contribution < -0.4 is 0 Å². The number of carbonyl (C=O) groups is 2. The molecule has 0 amide bonds. The van der Waals surface area contributed by atoms with E-state index < -0.39 is 48.4 Å². The van der Waals surface area contributed by atoms with E-state index in [0.717, 1.165) is 6.26 Å². The summed E-state index contributed by atoms with van der Waals surface area (Å²) in [6, 6.07) is 8.70. The molecule has 2 atom stereocenters. The van der Waals surface area contributed by atoms with E-state index in [9.17, 15) is 22.8 Å². The SMILES string of the molecule is Cc1nocc1C(C(=O)OC(C)(C)C)C(CCC(F)(F)F)C(=O)OCc1ccccc1. The number of ether oxygens (including phenoxy) is 2. The molecule has 0 bridgehead atoms. The van der Waals surface area contributed by atoms with E-state index in [4.69, 9.17) is 14.0 Å². The Morgan fingerprint density at radius 2 is 1.74 bits per heavy atom. The molecule has 0 aliphatic rings. The molecule has 1 aromatic carbocycles. The third-order valence-electron chi connectivity index (χ3n) is 4.45. The first-order valence-electron chi connectivity index (χ1n) is 9.78. The van der Waals surface area contributed by atoms with Gasteiger partial charge in [0.25, 0.3) is 0 Å². The summed E-state index contributed by atoms with van der Waals surface area (Å²) < 4.78 is 54.5. The van der Waals surface area contributed by atoms with E-state index in [0.29, 0.717) is 5.56 Å². The van der Waals surface area contributed by atoms with Gasteiger partial charge in [-0.1, -0.05) is 35.5 Å². The summed E-state index contributed by atoms with van der Waals surface area (Å²) in [4.78, 5) is 25.9. The highest BCUT2D eigenvalue weighted by Gasteiger charge is 2.42. The van der Waals surface area contributed by atoms with E-state index in [1.165, 1.54) is 6.92 Å². The molecule has 0 aliphatic carbocycles. The minimum absolute atomic E-state index is 0.133. The summed E-state index contributed by atoms with van der Waals surface area (Å²) in [5, 5.41) is 3.70. The number of alkyl halides is 3. The van der Waals surface area contributed by atoms with Gasteiger partial charge in [-0.15, -0.1) is 0 Å². The van der Waals surface area contributed by atoms with Gasteiger partial charge in [-0.2, -0.15) is 13.2 Å². The Kier molecular flexibility index (Phi) is 7.86. The van der Waals surface area contributed by atoms with Gasteiger partial charge in [0.1, 0.15) is 24.4 Å². The lowest BCUT2D eigenvalue weighted by Gasteiger charge is -2.28. The van der Waals surface area contributed by atoms with Crippen molar-refractivity contribution >= 4 is 11.9 Å². The monoisotopic (exact) mass is 441 g/mol. The van der Waals surface area contributed by atoms with Crippen molar-refractivity contribution in [3.63, 3.8) is 0 Å². The third kappa shape index (κ3) is 7.73. The molecule has 0 saturated heterocycles. The fourth-order valence-electron chi connectivity index (χ4n) is 3.05. The van der Waals surface area contributed by atoms with Crippen LogP contribution >= 0.6 is 0 Å². The van der Waals surface area contributed by atoms with Crippen LogP contribution in [0, 0.1) is 12.8 Å². The largest absolute Gasteiger partial charge is 0.461 e. The van der Waals surface area contributed by atoms with Gasteiger partial charge in [0, 0.05) is 12.0 Å². The Labute approximate surface area is 178 Å². The van der Waals surface area contributed by atoms with Gasteiger partial charge >= 0.3 is 18.1 Å². The number of hydrogen-bond acceptors (Lipinski definition) is 6. The van der Waals surface area contributed by atoms with Crippen molar-refractivity contribution in [1.29, 1.82) is 0 Å². The molecule has 6 nitrogen and oxygen atoms in total. The summed E-state index contributed by atoms with van der Waals surface area (Å²) in [5.74, 6) is -4.55. The van der Waals surface area contributed by atoms with E-state index in [1.807, 2.05) is 0 Å². The van der Waals surface area contributed by atoms with Gasteiger partial charge < -0.3 is 14.0 Å². The second-order valence-corrected chi connectivity index (χ2v) is 8.22. The third-order valence-corrected chi connectivity index (χ3v) is 4.45. The lowest BCUT2D eigenvalue weighted by Crippen LogP contribution is -2.35. The fourth-order valence-corrected chi connectivity index (χ4v) is 3.05. The van der Waals surface area contributed by atoms with Gasteiger partial charge in [-0.3, -0.25) is 9.59 Å². The zero-order valence-corrected chi connectivity index (χ0v) is 17.9. The van der Waals surface area contributed by atoms with Crippen molar-refractivity contribution in [3.8, 4) is 0 Å². The number of hydrogen-bond donors (Lipinski definition) is 0. The molecule has 0 aliphatic heterocycles. The molecule has 2 aromatic rings. The number of esters is 2. The van der Waals surface area contributed by atoms with Gasteiger partial charge in [-0.25, -0.2) is 0 Å². The molecule has 0 fully saturated rings. The minimum atomic E-state index is -4.51. The van der Waals surface area contributed by atoms with Crippen LogP contribution in [0.2, 0.25) is 0 Å². The molecular weight excluding hydrogens is 415 g/mol. The van der Waals surface area contributed by atoms with Gasteiger partial charge in [-0.05, 0) is 39.7 Å². The summed E-state index contributed by atoms with van der Waals surface area (Å²) in [7, 11) is 0. The Morgan fingerprint density at radius 3 is 2.26 bits per heavy atom. The molecule has 0 radical (unpaired) electrons. The highest BCUT2D eigenvalue weighted by atomic mass is 19.4. The summed E-state index contributed by atoms with van der Waals surface area (Å²) in [5.41, 5.74) is 0.227. The van der Waals surface area contributed by atoms with E-state index >= 15 is 0 Å². The van der Waals surface area contributed by atoms with Crippen molar-refractivity contribution in [3.05, 3.63) is 53.4 Å². The van der Waals surface area contributed by atoms with Crippen molar-refractivity contribution in [2.75, 3.05) is 0 Å². The number of rotatable bonds is 8. The van der Waals surface area contributed by atoms with Crippen LogP contribution in [0.3, 0.4) is 0 Å². The molecule has 0 saturated carbocycles. The molecule has 31 heavy (non-hydrogen) atoms. The van der Waals surface area contributed by atoms with Crippen LogP contribution in [0.1, 0.15) is 56.4 Å². The van der Waals surface area contributed by atoms with Gasteiger partial charge in [0.2, 0.25) is 0 Å². The first kappa shape index (κ1) is 24.4. The van der Waals surface area contributed by atoms with Gasteiger partial charge in [0.15, 0.2) is 0 Å². The smallest absolute Gasteiger partial charge is 0.389 e. The standard InChI is InChI=1S/C22H26F3NO5/c1-14-17(13-30-26-14)18(20(28)31-21(2,3)4)16(10-11-22(23,24)25)19(27)29-12-15-8-6-5-7-9-15/h5-9,13,16,18H,10-12H2,1-4H3. The molecule has 9 heteroatoms. The van der Waals surface area contributed by atoms with E-state index in [1.54, 1.807) is 51.1 Å². The van der Waals surface area contributed by atoms with Crippen LogP contribution in [-0.4, -0.2) is 28.9 Å². The lowest BCUT2D eigenvalue weighted by molar-refractivity contribution is -0.168. The Balaban J connectivity index is 2.36. The average molecular weight is 441 g/mol. The zero-order valence-electron chi connectivity index (χ0n) is 17.9. The predicted octanol–water partition coefficient (Wildman–Crippen LogP) is 5.11. The average Bonchev–Trinajstić information content (AvgIpc) is 3.07. The maximum absolute atomic E-state index is 13.0. The summed E-state index contributed by atoms with van der Waals surface area (Å²) in [6.07, 6.45) is -5.28. The zero-order chi connectivity index (χ0) is 23.2. The molecular formula is C22H26F3NO5. The summed E-state index contributed by atoms with van der Waals surface area (Å²) in [6.45, 7) is 6.28. The predicted molar refractivity (Wildman–Crippen MR) is 105 cm³/mol. The topological polar surface area (TPSA) is 78.6 Å². The fraction of sp³-hybridized carbons (Fsp3) is 0.500. The molecule has 0 spiro atoms. The molecule has 2 unspecified atom stereocenters. The Hall–Kier alpha value is -2.84. The van der Waals surface area contributed by atoms with Crippen LogP contribution in [-0.2, 0) is 25.7 Å². The van der Waals surface area contributed by atoms with Crippen LogP contribution in [0.15, 0.2) is 41.1 Å². The number of halogens is 3. The molecule has 1 aromatic heterocycles. The highest BCUT2D eigenvalue weighted by molar-refractivity contribution is 5.86. The van der Waals surface area contributed by atoms with E-state index in [2.05, 4.69) is 5.16 Å². The van der Waals surface area contributed by atoms with E-state index in [-0.39, 0.29) is 17.9 Å². The molecule has 0 N–H and O–H groups in total. The molecule has 1 heterocycles. The maximum atomic E-state index is 13.0. The van der Waals surface area contributed by atoms with Crippen molar-refractivity contribution in [2.45, 2.75) is 64.8 Å². The van der Waals surface area contributed by atoms with Gasteiger partial charge in [0.05, 0.1) is 11.6 Å². The Bertz CT molecular complexity index is 871. The number of benzene rings is 1. The highest BCUT2D eigenvalue weighted by Crippen LogP contribution is 2.36. The van der Waals surface area contributed by atoms with Crippen LogP contribution in [0.4, 0.5) is 13.2 Å². The number of aryl methyl sites for hydroxylation is 1. The maximum Gasteiger partial charge on any atom is 0.389 e. The molecule has 2 rings (SSSR count). The van der Waals surface area contributed by atoms with Crippen molar-refractivity contribution < 1.29 is 36.8 Å². The van der Waals surface area contributed by atoms with Crippen molar-refractivity contribution in [2.24, 2.45) is 5.92 Å². The van der Waals surface area contributed by atoms with Crippen LogP contribution in [0.5, 0.6) is 0 Å². The normalized spacial score (nSPS) is 14.0. The quantitative estimate of drug-likeness (QED) is 0.530. The second-order valence-electron chi connectivity index (χ2n) is 8.22. The number of carbonyl (C=O) groups excluding carboxylic acids is 2. The number of aromatic nitrogens is 1. The first-order chi connectivity index (χ1) is 14.4. The number of nitrogens with zero attached hydrogens (tertiary/aromatic N) is 1. The lowest BCUT2D eigenvalue weighted by atomic mass is 9.83. The first-order valence-corrected chi connectivity index (χ1v) is 9.78.